The number of rotatable bonds is 3. The van der Waals surface area contributed by atoms with E-state index in [1.54, 1.807) is 0 Å². The Hall–Kier alpha value is -1.06. The molecule has 0 amide bonds. The Morgan fingerprint density at radius 2 is 2.18 bits per heavy atom. The molecular weight excluding hydrogens is 212 g/mol. The van der Waals surface area contributed by atoms with Crippen LogP contribution >= 0.6 is 0 Å². The number of anilines is 1. The number of benzene rings is 1. The van der Waals surface area contributed by atoms with Crippen molar-refractivity contribution in [1.82, 2.24) is 0 Å². The molecule has 0 saturated carbocycles. The van der Waals surface area contributed by atoms with Crippen LogP contribution < -0.4 is 10.6 Å². The van der Waals surface area contributed by atoms with Gasteiger partial charge in [0.1, 0.15) is 0 Å². The molecule has 0 aromatic heterocycles. The molecule has 2 rings (SSSR count). The summed E-state index contributed by atoms with van der Waals surface area (Å²) < 4.78 is 0. The predicted octanol–water partition coefficient (Wildman–Crippen LogP) is 2.06. The molecule has 3 N–H and O–H groups in total. The SMILES string of the molecule is C[C@@H](N)c1ccccc1N1CCCCC1CO. The molecule has 1 aromatic rings. The summed E-state index contributed by atoms with van der Waals surface area (Å²) in [5, 5.41) is 9.48. The first kappa shape index (κ1) is 12.4. The first-order valence-electron chi connectivity index (χ1n) is 6.46. The van der Waals surface area contributed by atoms with Gasteiger partial charge in [0, 0.05) is 18.3 Å². The lowest BCUT2D eigenvalue weighted by molar-refractivity contribution is 0.240. The van der Waals surface area contributed by atoms with E-state index in [1.165, 1.54) is 24.1 Å². The second-order valence-electron chi connectivity index (χ2n) is 4.87. The van der Waals surface area contributed by atoms with E-state index >= 15 is 0 Å². The molecule has 2 atom stereocenters. The van der Waals surface area contributed by atoms with Crippen LogP contribution in [0.4, 0.5) is 5.69 Å². The molecule has 1 aromatic carbocycles. The third kappa shape index (κ3) is 2.61. The van der Waals surface area contributed by atoms with E-state index in [1.807, 2.05) is 19.1 Å². The summed E-state index contributed by atoms with van der Waals surface area (Å²) >= 11 is 0. The van der Waals surface area contributed by atoms with Crippen LogP contribution in [0.15, 0.2) is 24.3 Å². The molecule has 94 valence electrons. The van der Waals surface area contributed by atoms with Crippen molar-refractivity contribution in [3.8, 4) is 0 Å². The minimum atomic E-state index is 0.0347. The quantitative estimate of drug-likeness (QED) is 0.841. The minimum absolute atomic E-state index is 0.0347. The highest BCUT2D eigenvalue weighted by Crippen LogP contribution is 2.30. The standard InChI is InChI=1S/C14H22N2O/c1-11(15)13-7-2-3-8-14(13)16-9-5-4-6-12(16)10-17/h2-3,7-8,11-12,17H,4-6,9-10,15H2,1H3/t11-,12?/m1/s1. The van der Waals surface area contributed by atoms with Gasteiger partial charge in [-0.25, -0.2) is 0 Å². The Labute approximate surface area is 103 Å². The average molecular weight is 234 g/mol. The van der Waals surface area contributed by atoms with Gasteiger partial charge in [-0.2, -0.15) is 0 Å². The first-order valence-corrected chi connectivity index (χ1v) is 6.46. The molecule has 1 fully saturated rings. The molecule has 0 spiro atoms. The van der Waals surface area contributed by atoms with Crippen LogP contribution in [0.25, 0.3) is 0 Å². The molecule has 1 aliphatic rings. The molecule has 3 nitrogen and oxygen atoms in total. The molecule has 0 aliphatic carbocycles. The van der Waals surface area contributed by atoms with Crippen molar-refractivity contribution < 1.29 is 5.11 Å². The number of aliphatic hydroxyl groups is 1. The summed E-state index contributed by atoms with van der Waals surface area (Å²) in [6.45, 7) is 3.26. The number of para-hydroxylation sites is 1. The largest absolute Gasteiger partial charge is 0.394 e. The van der Waals surface area contributed by atoms with Crippen LogP contribution in [0.2, 0.25) is 0 Å². The summed E-state index contributed by atoms with van der Waals surface area (Å²) in [4.78, 5) is 2.32. The van der Waals surface area contributed by atoms with Crippen molar-refractivity contribution in [2.45, 2.75) is 38.3 Å². The maximum absolute atomic E-state index is 9.48. The smallest absolute Gasteiger partial charge is 0.0635 e. The van der Waals surface area contributed by atoms with Crippen LogP contribution in [0, 0.1) is 0 Å². The number of nitrogens with two attached hydrogens (primary N) is 1. The Morgan fingerprint density at radius 1 is 1.41 bits per heavy atom. The van der Waals surface area contributed by atoms with Crippen LogP contribution in [0.3, 0.4) is 0 Å². The van der Waals surface area contributed by atoms with Gasteiger partial charge in [-0.05, 0) is 37.8 Å². The van der Waals surface area contributed by atoms with Gasteiger partial charge in [0.05, 0.1) is 12.6 Å². The molecule has 1 saturated heterocycles. The van der Waals surface area contributed by atoms with Crippen LogP contribution in [-0.4, -0.2) is 24.3 Å². The van der Waals surface area contributed by atoms with E-state index in [2.05, 4.69) is 17.0 Å². The predicted molar refractivity (Wildman–Crippen MR) is 71.1 cm³/mol. The number of aliphatic hydroxyl groups excluding tert-OH is 1. The summed E-state index contributed by atoms with van der Waals surface area (Å²) in [6.07, 6.45) is 3.48. The van der Waals surface area contributed by atoms with Crippen molar-refractivity contribution in [2.24, 2.45) is 5.73 Å². The van der Waals surface area contributed by atoms with Crippen LogP contribution in [-0.2, 0) is 0 Å². The van der Waals surface area contributed by atoms with E-state index in [0.717, 1.165) is 13.0 Å². The van der Waals surface area contributed by atoms with Gasteiger partial charge in [0.15, 0.2) is 0 Å². The first-order chi connectivity index (χ1) is 8.24. The Kier molecular flexibility index (Phi) is 4.02. The van der Waals surface area contributed by atoms with Gasteiger partial charge in [-0.1, -0.05) is 18.2 Å². The normalized spacial score (nSPS) is 22.5. The maximum Gasteiger partial charge on any atom is 0.0635 e. The Balaban J connectivity index is 2.31. The number of hydrogen-bond donors (Lipinski definition) is 2. The fourth-order valence-corrected chi connectivity index (χ4v) is 2.64. The average Bonchev–Trinajstić information content (AvgIpc) is 2.38. The Bertz CT molecular complexity index is 365. The highest BCUT2D eigenvalue weighted by atomic mass is 16.3. The Morgan fingerprint density at radius 3 is 2.88 bits per heavy atom. The summed E-state index contributed by atoms with van der Waals surface area (Å²) in [6, 6.07) is 8.57. The third-order valence-electron chi connectivity index (χ3n) is 3.57. The lowest BCUT2D eigenvalue weighted by Gasteiger charge is -2.38. The third-order valence-corrected chi connectivity index (χ3v) is 3.57. The van der Waals surface area contributed by atoms with E-state index in [4.69, 9.17) is 5.73 Å². The van der Waals surface area contributed by atoms with E-state index in [-0.39, 0.29) is 18.7 Å². The second kappa shape index (κ2) is 5.52. The molecule has 17 heavy (non-hydrogen) atoms. The van der Waals surface area contributed by atoms with Gasteiger partial charge in [-0.15, -0.1) is 0 Å². The van der Waals surface area contributed by atoms with Crippen molar-refractivity contribution in [1.29, 1.82) is 0 Å². The topological polar surface area (TPSA) is 49.5 Å². The monoisotopic (exact) mass is 234 g/mol. The number of piperidine rings is 1. The molecule has 0 bridgehead atoms. The lowest BCUT2D eigenvalue weighted by Crippen LogP contribution is -2.42. The molecular formula is C14H22N2O. The maximum atomic E-state index is 9.48. The molecule has 3 heteroatoms. The summed E-state index contributed by atoms with van der Waals surface area (Å²) in [5.74, 6) is 0. The molecule has 1 unspecified atom stereocenters. The van der Waals surface area contributed by atoms with Gasteiger partial charge in [-0.3, -0.25) is 0 Å². The van der Waals surface area contributed by atoms with E-state index < -0.39 is 0 Å². The van der Waals surface area contributed by atoms with Gasteiger partial charge < -0.3 is 15.7 Å². The molecule has 1 aliphatic heterocycles. The zero-order chi connectivity index (χ0) is 12.3. The molecule has 0 radical (unpaired) electrons. The number of nitrogens with zero attached hydrogens (tertiary/aromatic N) is 1. The van der Waals surface area contributed by atoms with Gasteiger partial charge in [0.2, 0.25) is 0 Å². The van der Waals surface area contributed by atoms with E-state index in [9.17, 15) is 5.11 Å². The fourth-order valence-electron chi connectivity index (χ4n) is 2.64. The zero-order valence-electron chi connectivity index (χ0n) is 10.5. The van der Waals surface area contributed by atoms with Crippen molar-refractivity contribution in [3.63, 3.8) is 0 Å². The highest BCUT2D eigenvalue weighted by Gasteiger charge is 2.24. The summed E-state index contributed by atoms with van der Waals surface area (Å²) in [5.41, 5.74) is 8.39. The van der Waals surface area contributed by atoms with Crippen LogP contribution in [0.5, 0.6) is 0 Å². The summed E-state index contributed by atoms with van der Waals surface area (Å²) in [7, 11) is 0. The highest BCUT2D eigenvalue weighted by molar-refractivity contribution is 5.56. The van der Waals surface area contributed by atoms with Gasteiger partial charge >= 0.3 is 0 Å². The lowest BCUT2D eigenvalue weighted by atomic mass is 9.98. The minimum Gasteiger partial charge on any atom is -0.394 e. The zero-order valence-corrected chi connectivity index (χ0v) is 10.5. The van der Waals surface area contributed by atoms with E-state index in [0.29, 0.717) is 0 Å². The molecule has 1 heterocycles. The van der Waals surface area contributed by atoms with Crippen molar-refractivity contribution >= 4 is 5.69 Å². The van der Waals surface area contributed by atoms with Crippen LogP contribution in [0.1, 0.15) is 37.8 Å². The van der Waals surface area contributed by atoms with Crippen molar-refractivity contribution in [2.75, 3.05) is 18.1 Å². The second-order valence-corrected chi connectivity index (χ2v) is 4.87. The fraction of sp³-hybridized carbons (Fsp3) is 0.571. The number of hydrogen-bond acceptors (Lipinski definition) is 3. The van der Waals surface area contributed by atoms with Gasteiger partial charge in [0.25, 0.3) is 0 Å². The van der Waals surface area contributed by atoms with Crippen molar-refractivity contribution in [3.05, 3.63) is 29.8 Å².